The van der Waals surface area contributed by atoms with Crippen LogP contribution in [0.1, 0.15) is 115 Å². The lowest BCUT2D eigenvalue weighted by atomic mass is 9.73. The highest BCUT2D eigenvalue weighted by Crippen LogP contribution is 2.39. The van der Waals surface area contributed by atoms with Gasteiger partial charge in [0, 0.05) is 17.8 Å². The molecule has 0 aromatic rings. The summed E-state index contributed by atoms with van der Waals surface area (Å²) in [5, 5.41) is 0. The number of allylic oxidation sites excluding steroid dienone is 1. The van der Waals surface area contributed by atoms with Gasteiger partial charge in [0.15, 0.2) is 28.5 Å². The van der Waals surface area contributed by atoms with E-state index in [0.717, 1.165) is 55.5 Å². The van der Waals surface area contributed by atoms with Gasteiger partial charge in [0.1, 0.15) is 5.78 Å². The van der Waals surface area contributed by atoms with E-state index in [9.17, 15) is 14.4 Å². The molecule has 0 aromatic heterocycles. The Kier molecular flexibility index (Phi) is 16.1. The summed E-state index contributed by atoms with van der Waals surface area (Å²) in [6.07, 6.45) is 3.55. The fourth-order valence-electron chi connectivity index (χ4n) is 6.57. The van der Waals surface area contributed by atoms with Gasteiger partial charge in [-0.25, -0.2) is 0 Å². The van der Waals surface area contributed by atoms with Crippen molar-refractivity contribution in [2.24, 2.45) is 17.3 Å². The third kappa shape index (κ3) is 10.2. The van der Waals surface area contributed by atoms with Crippen LogP contribution in [0.3, 0.4) is 0 Å². The van der Waals surface area contributed by atoms with Crippen LogP contribution in [0, 0.1) is 17.3 Å². The fraction of sp³-hybridized carbons (Fsp3) is 0.853. The summed E-state index contributed by atoms with van der Waals surface area (Å²) in [5.41, 5.74) is 0.246. The minimum Gasteiger partial charge on any atom is -0.454 e. The van der Waals surface area contributed by atoms with Gasteiger partial charge in [-0.2, -0.15) is 0 Å². The van der Waals surface area contributed by atoms with Crippen LogP contribution in [0.2, 0.25) is 36.3 Å². The van der Waals surface area contributed by atoms with Gasteiger partial charge in [0.2, 0.25) is 0 Å². The molecule has 0 aliphatic carbocycles. The van der Waals surface area contributed by atoms with Gasteiger partial charge in [-0.15, -0.1) is 0 Å². The highest BCUT2D eigenvalue weighted by molar-refractivity contribution is 6.74. The Labute approximate surface area is 260 Å². The van der Waals surface area contributed by atoms with Crippen LogP contribution in [0.25, 0.3) is 0 Å². The molecule has 0 amide bonds. The van der Waals surface area contributed by atoms with E-state index in [4.69, 9.17) is 13.6 Å². The van der Waals surface area contributed by atoms with Gasteiger partial charge in [-0.05, 0) is 75.3 Å². The van der Waals surface area contributed by atoms with Crippen molar-refractivity contribution in [1.82, 2.24) is 0 Å². The Bertz CT molecular complexity index is 889. The van der Waals surface area contributed by atoms with Crippen LogP contribution in [-0.2, 0) is 28.0 Å². The van der Waals surface area contributed by atoms with Crippen molar-refractivity contribution in [3.05, 3.63) is 11.6 Å². The van der Waals surface area contributed by atoms with E-state index in [1.165, 1.54) is 12.5 Å². The van der Waals surface area contributed by atoms with Crippen LogP contribution in [0.15, 0.2) is 11.6 Å². The minimum atomic E-state index is -2.19. The summed E-state index contributed by atoms with van der Waals surface area (Å²) in [5.74, 6) is -0.696. The number of hydrogen-bond donors (Lipinski definition) is 0. The number of carbonyl (C=O) groups excluding carboxylic acids is 3. The number of carbonyl (C=O) groups is 3. The fourth-order valence-corrected chi connectivity index (χ4v) is 12.6. The largest absolute Gasteiger partial charge is 0.454 e. The van der Waals surface area contributed by atoms with E-state index in [0.29, 0.717) is 6.42 Å². The van der Waals surface area contributed by atoms with E-state index >= 15 is 0 Å². The zero-order valence-electron chi connectivity index (χ0n) is 29.2. The number of rotatable bonds is 11. The first kappa shape index (κ1) is 38.9. The second kappa shape index (κ2) is 17.4. The number of ketones is 2. The van der Waals surface area contributed by atoms with Crippen LogP contribution < -0.4 is 0 Å². The average molecular weight is 625 g/mol. The normalized spacial score (nSPS) is 27.3. The SMILES string of the molecule is CC[Si](CC)(CC)O[C@H]1[C@@H](C)CCCC(C)=CC[C@@H](C(C)=O)OC(=O)C[C@H](O[Si](CC)(CC)CC)C(C)(C)C(=O)[C@@H]1C. The average Bonchev–Trinajstić information content (AvgIpc) is 2.97. The first-order valence-corrected chi connectivity index (χ1v) is 21.9. The van der Waals surface area contributed by atoms with Gasteiger partial charge < -0.3 is 13.6 Å². The summed E-state index contributed by atoms with van der Waals surface area (Å²) < 4.78 is 19.9. The van der Waals surface area contributed by atoms with Crippen molar-refractivity contribution in [3.63, 3.8) is 0 Å². The minimum absolute atomic E-state index is 0.0503. The van der Waals surface area contributed by atoms with Crippen LogP contribution in [-0.4, -0.2) is 52.5 Å². The molecule has 1 aliphatic heterocycles. The predicted molar refractivity (Wildman–Crippen MR) is 179 cm³/mol. The number of hydrogen-bond acceptors (Lipinski definition) is 6. The second-order valence-corrected chi connectivity index (χ2v) is 22.9. The van der Waals surface area contributed by atoms with Gasteiger partial charge in [-0.1, -0.05) is 80.9 Å². The van der Waals surface area contributed by atoms with Crippen LogP contribution in [0.4, 0.5) is 0 Å². The number of esters is 1. The van der Waals surface area contributed by atoms with E-state index < -0.39 is 40.2 Å². The molecule has 8 heteroatoms. The summed E-state index contributed by atoms with van der Waals surface area (Å²) in [6, 6.07) is 5.81. The Morgan fingerprint density at radius 1 is 0.929 bits per heavy atom. The highest BCUT2D eigenvalue weighted by Gasteiger charge is 2.48. The Balaban J connectivity index is 3.71. The zero-order chi connectivity index (χ0) is 32.3. The van der Waals surface area contributed by atoms with Crippen molar-refractivity contribution in [2.75, 3.05) is 0 Å². The molecule has 0 aromatic carbocycles. The van der Waals surface area contributed by atoms with Crippen molar-refractivity contribution in [3.8, 4) is 0 Å². The maximum atomic E-state index is 14.6. The summed E-state index contributed by atoms with van der Waals surface area (Å²) in [7, 11) is -4.19. The smallest absolute Gasteiger partial charge is 0.309 e. The monoisotopic (exact) mass is 624 g/mol. The van der Waals surface area contributed by atoms with E-state index in [1.807, 2.05) is 26.8 Å². The first-order chi connectivity index (χ1) is 19.6. The Morgan fingerprint density at radius 2 is 1.43 bits per heavy atom. The molecule has 0 N–H and O–H groups in total. The predicted octanol–water partition coefficient (Wildman–Crippen LogP) is 9.05. The summed E-state index contributed by atoms with van der Waals surface area (Å²) in [6.45, 7) is 24.9. The highest BCUT2D eigenvalue weighted by atomic mass is 28.4. The quantitative estimate of drug-likeness (QED) is 0.130. The molecule has 0 saturated heterocycles. The zero-order valence-corrected chi connectivity index (χ0v) is 31.2. The van der Waals surface area contributed by atoms with Crippen molar-refractivity contribution in [1.29, 1.82) is 0 Å². The van der Waals surface area contributed by atoms with E-state index in [2.05, 4.69) is 55.4 Å². The molecule has 0 radical (unpaired) electrons. The van der Waals surface area contributed by atoms with Gasteiger partial charge in [0.05, 0.1) is 18.6 Å². The first-order valence-electron chi connectivity index (χ1n) is 16.9. The van der Waals surface area contributed by atoms with Crippen LogP contribution >= 0.6 is 0 Å². The molecule has 0 fully saturated rings. The second-order valence-electron chi connectivity index (χ2n) is 13.5. The number of ether oxygens (including phenoxy) is 1. The number of Topliss-reactive ketones (excluding diaryl/α,β-unsaturated/α-hetero) is 2. The molecule has 5 atom stereocenters. The third-order valence-electron chi connectivity index (χ3n) is 10.5. The molecule has 244 valence electrons. The molecule has 1 aliphatic rings. The molecule has 0 spiro atoms. The lowest BCUT2D eigenvalue weighted by Gasteiger charge is -2.44. The lowest BCUT2D eigenvalue weighted by Crippen LogP contribution is -2.53. The van der Waals surface area contributed by atoms with Gasteiger partial charge in [0.25, 0.3) is 0 Å². The van der Waals surface area contributed by atoms with Crippen molar-refractivity contribution in [2.45, 2.75) is 170 Å². The standard InChI is InChI=1S/C34H64O6Si2/c1-13-41(14-2,15-3)39-30-24-31(36)38-29(28(10)35)23-22-25(7)20-19-21-26(8)32(27(9)33(37)34(30,11)12)40-42(16-4,17-5)18-6/h22,26-27,29-30,32H,13-21,23-24H2,1-12H3/t26-,27+,29-,30-,32-/m0/s1. The Hall–Kier alpha value is -1.10. The molecule has 0 unspecified atom stereocenters. The molecule has 1 rings (SSSR count). The molecule has 1 heterocycles. The van der Waals surface area contributed by atoms with E-state index in [1.54, 1.807) is 0 Å². The summed E-state index contributed by atoms with van der Waals surface area (Å²) >= 11 is 0. The third-order valence-corrected chi connectivity index (χ3v) is 19.8. The molecule has 0 saturated carbocycles. The van der Waals surface area contributed by atoms with Crippen LogP contribution in [0.5, 0.6) is 0 Å². The Morgan fingerprint density at radius 3 is 1.90 bits per heavy atom. The topological polar surface area (TPSA) is 78.9 Å². The number of cyclic esters (lactones) is 1. The maximum absolute atomic E-state index is 14.6. The van der Waals surface area contributed by atoms with Gasteiger partial charge >= 0.3 is 5.97 Å². The van der Waals surface area contributed by atoms with Crippen molar-refractivity contribution < 1.29 is 28.0 Å². The van der Waals surface area contributed by atoms with E-state index in [-0.39, 0.29) is 35.9 Å². The molecular formula is C34H64O6Si2. The molecule has 42 heavy (non-hydrogen) atoms. The lowest BCUT2D eigenvalue weighted by molar-refractivity contribution is -0.158. The maximum Gasteiger partial charge on any atom is 0.309 e. The summed E-state index contributed by atoms with van der Waals surface area (Å²) in [4.78, 5) is 40.5. The van der Waals surface area contributed by atoms with Crippen molar-refractivity contribution >= 4 is 34.2 Å². The molecule has 0 bridgehead atoms. The molecule has 6 nitrogen and oxygen atoms in total. The van der Waals surface area contributed by atoms with Gasteiger partial charge in [-0.3, -0.25) is 14.4 Å². The molecular weight excluding hydrogens is 561 g/mol.